The maximum absolute atomic E-state index is 2.41. The smallest absolute Gasteiger partial charge is 0.0371 e. The van der Waals surface area contributed by atoms with Crippen molar-refractivity contribution in [3.63, 3.8) is 0 Å². The second-order valence-corrected chi connectivity index (χ2v) is 3.55. The molecule has 2 rings (SSSR count). The minimum atomic E-state index is 1.06. The molecule has 1 heteroatoms. The number of hydrogen-bond acceptors (Lipinski definition) is 1. The molecule has 0 radical (unpaired) electrons. The number of anilines is 1. The maximum atomic E-state index is 2.41. The Balaban J connectivity index is 2.20. The molecule has 0 unspecified atom stereocenters. The van der Waals surface area contributed by atoms with Gasteiger partial charge in [0, 0.05) is 18.8 Å². The molecule has 0 bridgehead atoms. The van der Waals surface area contributed by atoms with Gasteiger partial charge in [0.2, 0.25) is 0 Å². The summed E-state index contributed by atoms with van der Waals surface area (Å²) in [5.74, 6) is 0. The van der Waals surface area contributed by atoms with Gasteiger partial charge in [0.15, 0.2) is 0 Å². The van der Waals surface area contributed by atoms with Crippen LogP contribution in [0.2, 0.25) is 0 Å². The summed E-state index contributed by atoms with van der Waals surface area (Å²) < 4.78 is 0. The molecule has 0 aromatic heterocycles. The highest BCUT2D eigenvalue weighted by atomic mass is 15.1. The summed E-state index contributed by atoms with van der Waals surface area (Å²) in [6.45, 7) is 4.35. The van der Waals surface area contributed by atoms with Crippen LogP contribution in [0.1, 0.15) is 12.0 Å². The first-order valence-electron chi connectivity index (χ1n) is 4.83. The van der Waals surface area contributed by atoms with Crippen molar-refractivity contribution in [2.24, 2.45) is 0 Å². The van der Waals surface area contributed by atoms with E-state index in [0.29, 0.717) is 0 Å². The summed E-state index contributed by atoms with van der Waals surface area (Å²) in [5, 5.41) is 0. The normalized spacial score (nSPS) is 16.2. The maximum Gasteiger partial charge on any atom is 0.0371 e. The largest absolute Gasteiger partial charge is 0.367 e. The highest BCUT2D eigenvalue weighted by Gasteiger charge is 2.06. The standard InChI is InChI=1S/C12H15N/c1-11-6-5-7-12(10-11)13-8-3-2-4-9-13/h2-3,5-7,10H,4,8-9H2,1H3. The van der Waals surface area contributed by atoms with Gasteiger partial charge >= 0.3 is 0 Å². The summed E-state index contributed by atoms with van der Waals surface area (Å²) in [4.78, 5) is 2.41. The number of rotatable bonds is 1. The van der Waals surface area contributed by atoms with Crippen molar-refractivity contribution in [1.82, 2.24) is 0 Å². The highest BCUT2D eigenvalue weighted by Crippen LogP contribution is 2.17. The number of aryl methyl sites for hydroxylation is 1. The van der Waals surface area contributed by atoms with Gasteiger partial charge in [-0.2, -0.15) is 0 Å². The first kappa shape index (κ1) is 8.36. The third-order valence-corrected chi connectivity index (χ3v) is 2.42. The van der Waals surface area contributed by atoms with Crippen molar-refractivity contribution in [2.75, 3.05) is 18.0 Å². The van der Waals surface area contributed by atoms with Gasteiger partial charge in [-0.15, -0.1) is 0 Å². The van der Waals surface area contributed by atoms with E-state index in [0.717, 1.165) is 13.1 Å². The van der Waals surface area contributed by atoms with E-state index in [4.69, 9.17) is 0 Å². The molecule has 0 amide bonds. The van der Waals surface area contributed by atoms with E-state index in [1.165, 1.54) is 17.7 Å². The number of nitrogens with zero attached hydrogens (tertiary/aromatic N) is 1. The van der Waals surface area contributed by atoms with Gasteiger partial charge in [-0.25, -0.2) is 0 Å². The fourth-order valence-corrected chi connectivity index (χ4v) is 1.70. The number of hydrogen-bond donors (Lipinski definition) is 0. The lowest BCUT2D eigenvalue weighted by molar-refractivity contribution is 0.820. The van der Waals surface area contributed by atoms with E-state index in [-0.39, 0.29) is 0 Å². The van der Waals surface area contributed by atoms with Gasteiger partial charge in [-0.1, -0.05) is 24.3 Å². The van der Waals surface area contributed by atoms with Crippen LogP contribution in [-0.4, -0.2) is 13.1 Å². The van der Waals surface area contributed by atoms with Crippen molar-refractivity contribution in [3.05, 3.63) is 42.0 Å². The van der Waals surface area contributed by atoms with Gasteiger partial charge < -0.3 is 4.90 Å². The molecule has 1 aliphatic heterocycles. The molecule has 1 heterocycles. The van der Waals surface area contributed by atoms with E-state index < -0.39 is 0 Å². The summed E-state index contributed by atoms with van der Waals surface area (Å²) >= 11 is 0. The van der Waals surface area contributed by atoms with Crippen LogP contribution in [0.5, 0.6) is 0 Å². The SMILES string of the molecule is Cc1cccc(N2CC=CCC2)c1. The lowest BCUT2D eigenvalue weighted by Gasteiger charge is -2.25. The van der Waals surface area contributed by atoms with Gasteiger partial charge in [-0.05, 0) is 31.0 Å². The van der Waals surface area contributed by atoms with E-state index in [1.54, 1.807) is 0 Å². The Hall–Kier alpha value is -1.24. The molecular formula is C12H15N. The lowest BCUT2D eigenvalue weighted by atomic mass is 10.2. The highest BCUT2D eigenvalue weighted by molar-refractivity contribution is 5.49. The monoisotopic (exact) mass is 173 g/mol. The molecule has 1 aromatic rings. The zero-order valence-corrected chi connectivity index (χ0v) is 8.03. The average Bonchev–Trinajstić information content (AvgIpc) is 2.19. The molecule has 1 aromatic carbocycles. The molecule has 0 atom stereocenters. The van der Waals surface area contributed by atoms with Crippen LogP contribution in [0.15, 0.2) is 36.4 Å². The molecule has 68 valence electrons. The Morgan fingerprint density at radius 1 is 1.23 bits per heavy atom. The molecule has 0 saturated carbocycles. The molecule has 0 spiro atoms. The molecule has 0 fully saturated rings. The zero-order valence-electron chi connectivity index (χ0n) is 8.03. The Morgan fingerprint density at radius 3 is 2.85 bits per heavy atom. The fourth-order valence-electron chi connectivity index (χ4n) is 1.70. The molecule has 0 N–H and O–H groups in total. The molecule has 0 saturated heterocycles. The van der Waals surface area contributed by atoms with Gasteiger partial charge in [-0.3, -0.25) is 0 Å². The lowest BCUT2D eigenvalue weighted by Crippen LogP contribution is -2.26. The van der Waals surface area contributed by atoms with Crippen LogP contribution in [-0.2, 0) is 0 Å². The minimum absolute atomic E-state index is 1.06. The predicted octanol–water partition coefficient (Wildman–Crippen LogP) is 2.76. The first-order chi connectivity index (χ1) is 6.36. The molecule has 13 heavy (non-hydrogen) atoms. The molecule has 1 nitrogen and oxygen atoms in total. The van der Waals surface area contributed by atoms with Crippen LogP contribution >= 0.6 is 0 Å². The summed E-state index contributed by atoms with van der Waals surface area (Å²) in [5.41, 5.74) is 2.69. The van der Waals surface area contributed by atoms with Crippen molar-refractivity contribution in [3.8, 4) is 0 Å². The van der Waals surface area contributed by atoms with Crippen LogP contribution < -0.4 is 4.90 Å². The summed E-state index contributed by atoms with van der Waals surface area (Å²) in [6, 6.07) is 8.71. The van der Waals surface area contributed by atoms with Crippen molar-refractivity contribution < 1.29 is 0 Å². The predicted molar refractivity (Wildman–Crippen MR) is 57.1 cm³/mol. The van der Waals surface area contributed by atoms with E-state index in [2.05, 4.69) is 48.2 Å². The minimum Gasteiger partial charge on any atom is -0.367 e. The van der Waals surface area contributed by atoms with E-state index >= 15 is 0 Å². The van der Waals surface area contributed by atoms with Crippen LogP contribution in [0, 0.1) is 6.92 Å². The Kier molecular flexibility index (Phi) is 2.35. The fraction of sp³-hybridized carbons (Fsp3) is 0.333. The zero-order chi connectivity index (χ0) is 9.10. The molecule has 0 aliphatic carbocycles. The van der Waals surface area contributed by atoms with Crippen LogP contribution in [0.4, 0.5) is 5.69 Å². The summed E-state index contributed by atoms with van der Waals surface area (Å²) in [7, 11) is 0. The topological polar surface area (TPSA) is 3.24 Å². The van der Waals surface area contributed by atoms with Gasteiger partial charge in [0.1, 0.15) is 0 Å². The molecule has 1 aliphatic rings. The Labute approximate surface area is 79.7 Å². The van der Waals surface area contributed by atoms with Crippen molar-refractivity contribution in [1.29, 1.82) is 0 Å². The second kappa shape index (κ2) is 3.65. The Morgan fingerprint density at radius 2 is 2.15 bits per heavy atom. The molecular weight excluding hydrogens is 158 g/mol. The van der Waals surface area contributed by atoms with Crippen molar-refractivity contribution >= 4 is 5.69 Å². The quantitative estimate of drug-likeness (QED) is 0.590. The summed E-state index contributed by atoms with van der Waals surface area (Å²) in [6.07, 6.45) is 5.67. The van der Waals surface area contributed by atoms with Crippen LogP contribution in [0.25, 0.3) is 0 Å². The van der Waals surface area contributed by atoms with Gasteiger partial charge in [0.05, 0.1) is 0 Å². The Bertz CT molecular complexity index is 315. The second-order valence-electron chi connectivity index (χ2n) is 3.55. The van der Waals surface area contributed by atoms with E-state index in [9.17, 15) is 0 Å². The average molecular weight is 173 g/mol. The number of benzene rings is 1. The van der Waals surface area contributed by atoms with Crippen molar-refractivity contribution in [2.45, 2.75) is 13.3 Å². The van der Waals surface area contributed by atoms with Gasteiger partial charge in [0.25, 0.3) is 0 Å². The van der Waals surface area contributed by atoms with E-state index in [1.807, 2.05) is 0 Å². The third kappa shape index (κ3) is 1.92. The third-order valence-electron chi connectivity index (χ3n) is 2.42. The first-order valence-corrected chi connectivity index (χ1v) is 4.83. The van der Waals surface area contributed by atoms with Crippen LogP contribution in [0.3, 0.4) is 0 Å².